The van der Waals surface area contributed by atoms with Crippen LogP contribution in [-0.2, 0) is 25.8 Å². The average Bonchev–Trinajstić information content (AvgIpc) is 3.08. The molecule has 4 N–H and O–H groups in total. The highest BCUT2D eigenvalue weighted by atomic mass is 32.2. The van der Waals surface area contributed by atoms with Gasteiger partial charge in [-0.15, -0.1) is 11.3 Å². The number of hydroxylamine groups is 1. The minimum absolute atomic E-state index is 0.00907. The van der Waals surface area contributed by atoms with Crippen LogP contribution in [0.1, 0.15) is 23.9 Å². The van der Waals surface area contributed by atoms with Crippen molar-refractivity contribution in [3.63, 3.8) is 0 Å². The zero-order valence-corrected chi connectivity index (χ0v) is 18.1. The number of hydrogen-bond donors (Lipinski definition) is 3. The fourth-order valence-electron chi connectivity index (χ4n) is 2.74. The van der Waals surface area contributed by atoms with Gasteiger partial charge >= 0.3 is 0 Å². The lowest BCUT2D eigenvalue weighted by Gasteiger charge is -2.32. The van der Waals surface area contributed by atoms with Gasteiger partial charge in [0.25, 0.3) is 5.91 Å². The fraction of sp³-hybridized carbons (Fsp3) is 0.400. The van der Waals surface area contributed by atoms with Crippen LogP contribution in [0.3, 0.4) is 0 Å². The lowest BCUT2D eigenvalue weighted by atomic mass is 10.0. The molecule has 1 unspecified atom stereocenters. The first-order chi connectivity index (χ1) is 14.1. The molecule has 158 valence electrons. The summed E-state index contributed by atoms with van der Waals surface area (Å²) < 4.78 is 28.3. The molecule has 2 heterocycles. The number of nitrogens with one attached hydrogen (secondary N) is 1. The zero-order chi connectivity index (χ0) is 22.0. The molecular weight excluding hydrogens is 426 g/mol. The number of aryl methyl sites for hydroxylation is 1. The van der Waals surface area contributed by atoms with Gasteiger partial charge in [0.05, 0.1) is 28.4 Å². The maximum atomic E-state index is 12.1. The molecule has 10 heteroatoms. The summed E-state index contributed by atoms with van der Waals surface area (Å²) in [6.45, 7) is 2.11. The van der Waals surface area contributed by atoms with Crippen molar-refractivity contribution in [3.05, 3.63) is 28.8 Å². The van der Waals surface area contributed by atoms with Crippen molar-refractivity contribution in [1.29, 1.82) is 0 Å². The second-order valence-electron chi connectivity index (χ2n) is 7.38. The van der Waals surface area contributed by atoms with Gasteiger partial charge in [-0.05, 0) is 43.4 Å². The van der Waals surface area contributed by atoms with E-state index in [1.807, 2.05) is 18.2 Å². The highest BCUT2D eigenvalue weighted by molar-refractivity contribution is 7.92. The third-order valence-corrected chi connectivity index (χ3v) is 8.05. The standard InChI is InChI=1S/C20H21N3O5S2/c1-19(18(24)23-25,30(2,26)27)10-8-17-22-15-7-6-14(11-16(15)29-17)5-3-4-9-20(21)12-28-13-20/h6-7,11,25H,8,10,12-13,21H2,1-2H3,(H,23,24). The van der Waals surface area contributed by atoms with E-state index in [0.717, 1.165) is 22.0 Å². The fourth-order valence-corrected chi connectivity index (χ4v) is 4.60. The summed E-state index contributed by atoms with van der Waals surface area (Å²) in [7, 11) is -3.75. The maximum absolute atomic E-state index is 12.1. The number of amides is 1. The lowest BCUT2D eigenvalue weighted by Crippen LogP contribution is -2.56. The molecule has 0 saturated carbocycles. The van der Waals surface area contributed by atoms with E-state index in [0.29, 0.717) is 18.2 Å². The van der Waals surface area contributed by atoms with Crippen LogP contribution in [0.25, 0.3) is 10.2 Å². The molecule has 0 aliphatic carbocycles. The van der Waals surface area contributed by atoms with Crippen LogP contribution in [0, 0.1) is 23.7 Å². The molecule has 1 atom stereocenters. The number of nitrogens with two attached hydrogens (primary N) is 1. The molecule has 0 bridgehead atoms. The van der Waals surface area contributed by atoms with Gasteiger partial charge in [0, 0.05) is 18.2 Å². The number of benzene rings is 1. The van der Waals surface area contributed by atoms with Crippen molar-refractivity contribution in [1.82, 2.24) is 10.5 Å². The maximum Gasteiger partial charge on any atom is 0.264 e. The number of aromatic nitrogens is 1. The molecule has 2 aromatic rings. The van der Waals surface area contributed by atoms with Crippen molar-refractivity contribution in [2.75, 3.05) is 19.5 Å². The van der Waals surface area contributed by atoms with E-state index in [4.69, 9.17) is 15.7 Å². The van der Waals surface area contributed by atoms with Crippen molar-refractivity contribution >= 4 is 37.3 Å². The Hall–Kier alpha value is -2.47. The molecule has 8 nitrogen and oxygen atoms in total. The van der Waals surface area contributed by atoms with Gasteiger partial charge in [-0.1, -0.05) is 11.8 Å². The van der Waals surface area contributed by atoms with Gasteiger partial charge in [0.15, 0.2) is 9.84 Å². The van der Waals surface area contributed by atoms with Crippen LogP contribution >= 0.6 is 11.3 Å². The minimum atomic E-state index is -3.75. The second-order valence-corrected chi connectivity index (χ2v) is 10.9. The Bertz CT molecular complexity index is 1210. The smallest absolute Gasteiger partial charge is 0.264 e. The topological polar surface area (TPSA) is 132 Å². The molecule has 1 aliphatic rings. The molecule has 0 spiro atoms. The molecule has 0 radical (unpaired) electrons. The molecule has 1 aromatic heterocycles. The first-order valence-electron chi connectivity index (χ1n) is 9.00. The van der Waals surface area contributed by atoms with Crippen LogP contribution in [0.2, 0.25) is 0 Å². The number of thiazole rings is 1. The minimum Gasteiger partial charge on any atom is -0.375 e. The Balaban J connectivity index is 1.75. The zero-order valence-electron chi connectivity index (χ0n) is 16.5. The molecular formula is C20H21N3O5S2. The van der Waals surface area contributed by atoms with Gasteiger partial charge in [0.1, 0.15) is 10.3 Å². The lowest BCUT2D eigenvalue weighted by molar-refractivity contribution is -0.131. The van der Waals surface area contributed by atoms with Gasteiger partial charge in [-0.3, -0.25) is 10.0 Å². The second kappa shape index (κ2) is 8.34. The van der Waals surface area contributed by atoms with Crippen molar-refractivity contribution < 1.29 is 23.2 Å². The molecule has 1 fully saturated rings. The number of ether oxygens (including phenoxy) is 1. The number of carbonyl (C=O) groups is 1. The molecule has 30 heavy (non-hydrogen) atoms. The summed E-state index contributed by atoms with van der Waals surface area (Å²) in [6, 6.07) is 5.53. The number of rotatable bonds is 5. The summed E-state index contributed by atoms with van der Waals surface area (Å²) in [6.07, 6.45) is 1.23. The summed E-state index contributed by atoms with van der Waals surface area (Å²) in [4.78, 5) is 16.4. The highest BCUT2D eigenvalue weighted by Gasteiger charge is 2.43. The van der Waals surface area contributed by atoms with Gasteiger partial charge in [-0.25, -0.2) is 18.9 Å². The molecule has 1 saturated heterocycles. The summed E-state index contributed by atoms with van der Waals surface area (Å²) >= 11 is 1.40. The number of fused-ring (bicyclic) bond motifs is 1. The van der Waals surface area contributed by atoms with Crippen LogP contribution < -0.4 is 11.2 Å². The number of nitrogens with zero attached hydrogens (tertiary/aromatic N) is 1. The van der Waals surface area contributed by atoms with Gasteiger partial charge < -0.3 is 10.5 Å². The van der Waals surface area contributed by atoms with Gasteiger partial charge in [-0.2, -0.15) is 0 Å². The SMILES string of the molecule is CC(CCc1nc2ccc(C#CC#CC3(N)COC3)cc2s1)(C(=O)NO)S(C)(=O)=O. The quantitative estimate of drug-likeness (QED) is 0.348. The van der Waals surface area contributed by atoms with Crippen LogP contribution in [-0.4, -0.2) is 54.3 Å². The molecule has 1 aliphatic heterocycles. The Kier molecular flexibility index (Phi) is 6.18. The van der Waals surface area contributed by atoms with Gasteiger partial charge in [0.2, 0.25) is 0 Å². The van der Waals surface area contributed by atoms with Crippen LogP contribution in [0.15, 0.2) is 18.2 Å². The Morgan fingerprint density at radius 1 is 1.43 bits per heavy atom. The van der Waals surface area contributed by atoms with E-state index in [1.54, 1.807) is 0 Å². The van der Waals surface area contributed by atoms with Crippen LogP contribution in [0.5, 0.6) is 0 Å². The Labute approximate surface area is 178 Å². The largest absolute Gasteiger partial charge is 0.375 e. The van der Waals surface area contributed by atoms with Crippen LogP contribution in [0.4, 0.5) is 0 Å². The first kappa shape index (κ1) is 22.2. The molecule has 3 rings (SSSR count). The summed E-state index contributed by atoms with van der Waals surface area (Å²) in [5.74, 6) is 10.4. The van der Waals surface area contributed by atoms with E-state index < -0.39 is 26.0 Å². The summed E-state index contributed by atoms with van der Waals surface area (Å²) in [5.41, 5.74) is 8.30. The predicted molar refractivity (Wildman–Crippen MR) is 114 cm³/mol. The first-order valence-corrected chi connectivity index (χ1v) is 11.7. The Morgan fingerprint density at radius 3 is 2.77 bits per heavy atom. The predicted octanol–water partition coefficient (Wildman–Crippen LogP) is 0.620. The third-order valence-electron chi connectivity index (χ3n) is 4.95. The Morgan fingerprint density at radius 2 is 2.17 bits per heavy atom. The number of sulfone groups is 1. The van der Waals surface area contributed by atoms with E-state index >= 15 is 0 Å². The average molecular weight is 448 g/mol. The number of carbonyl (C=O) groups excluding carboxylic acids is 1. The normalized spacial score (nSPS) is 16.9. The third kappa shape index (κ3) is 4.64. The molecule has 1 aromatic carbocycles. The molecule has 1 amide bonds. The number of hydrogen-bond acceptors (Lipinski definition) is 8. The van der Waals surface area contributed by atoms with Crippen molar-refractivity contribution in [3.8, 4) is 23.7 Å². The van der Waals surface area contributed by atoms with E-state index in [1.165, 1.54) is 23.7 Å². The van der Waals surface area contributed by atoms with Crippen molar-refractivity contribution in [2.24, 2.45) is 5.73 Å². The van der Waals surface area contributed by atoms with Crippen molar-refractivity contribution in [2.45, 2.75) is 30.1 Å². The van der Waals surface area contributed by atoms with E-state index in [9.17, 15) is 13.2 Å². The monoisotopic (exact) mass is 447 g/mol. The highest BCUT2D eigenvalue weighted by Crippen LogP contribution is 2.28. The van der Waals surface area contributed by atoms with E-state index in [-0.39, 0.29) is 12.8 Å². The van der Waals surface area contributed by atoms with E-state index in [2.05, 4.69) is 28.7 Å². The summed E-state index contributed by atoms with van der Waals surface area (Å²) in [5, 5.41) is 9.60.